The average Bonchev–Trinajstić information content (AvgIpc) is 2.80. The zero-order valence-corrected chi connectivity index (χ0v) is 10.0. The number of nitrogens with zero attached hydrogens (tertiary/aromatic N) is 1. The van der Waals surface area contributed by atoms with Crippen molar-refractivity contribution < 1.29 is 9.59 Å². The van der Waals surface area contributed by atoms with Gasteiger partial charge in [-0.05, 0) is 12.8 Å². The number of rotatable bonds is 3. The van der Waals surface area contributed by atoms with Crippen LogP contribution in [-0.4, -0.2) is 34.7 Å². The van der Waals surface area contributed by atoms with Gasteiger partial charge in [0.05, 0.1) is 0 Å². The second kappa shape index (κ2) is 4.49. The summed E-state index contributed by atoms with van der Waals surface area (Å²) in [6.45, 7) is 0.354. The normalized spacial score (nSPS) is 23.7. The molecule has 0 radical (unpaired) electrons. The maximum atomic E-state index is 12.1. The van der Waals surface area contributed by atoms with E-state index in [4.69, 9.17) is 0 Å². The lowest BCUT2D eigenvalue weighted by molar-refractivity contribution is -0.130. The smallest absolute Gasteiger partial charge is 0.323 e. The highest BCUT2D eigenvalue weighted by Gasteiger charge is 2.51. The van der Waals surface area contributed by atoms with Gasteiger partial charge in [-0.15, -0.1) is 0 Å². The lowest BCUT2D eigenvalue weighted by Crippen LogP contribution is -2.44. The molecule has 1 saturated carbocycles. The van der Waals surface area contributed by atoms with Crippen LogP contribution in [0.5, 0.6) is 0 Å². The van der Waals surface area contributed by atoms with Crippen LogP contribution in [0.4, 0.5) is 4.79 Å². The summed E-state index contributed by atoms with van der Waals surface area (Å²) in [6, 6.07) is -0.254. The van der Waals surface area contributed by atoms with Gasteiger partial charge in [0.2, 0.25) is 0 Å². The van der Waals surface area contributed by atoms with Crippen molar-refractivity contribution >= 4 is 24.6 Å². The minimum atomic E-state index is -0.577. The van der Waals surface area contributed by atoms with E-state index in [1.807, 2.05) is 6.08 Å². The molecule has 0 unspecified atom stereocenters. The van der Waals surface area contributed by atoms with Gasteiger partial charge in [-0.25, -0.2) is 4.79 Å². The second-order valence-electron chi connectivity index (χ2n) is 4.29. The minimum absolute atomic E-state index is 0.0567. The van der Waals surface area contributed by atoms with E-state index >= 15 is 0 Å². The number of hydrogen-bond donors (Lipinski definition) is 2. The fourth-order valence-corrected chi connectivity index (χ4v) is 2.56. The quantitative estimate of drug-likeness (QED) is 0.444. The highest BCUT2D eigenvalue weighted by molar-refractivity contribution is 7.80. The first-order chi connectivity index (χ1) is 7.69. The van der Waals surface area contributed by atoms with Gasteiger partial charge in [-0.2, -0.15) is 12.6 Å². The van der Waals surface area contributed by atoms with Crippen LogP contribution in [0.1, 0.15) is 25.7 Å². The van der Waals surface area contributed by atoms with Crippen molar-refractivity contribution in [3.63, 3.8) is 0 Å². The van der Waals surface area contributed by atoms with E-state index in [1.54, 1.807) is 6.08 Å². The van der Waals surface area contributed by atoms with Crippen molar-refractivity contribution in [3.05, 3.63) is 12.2 Å². The largest absolute Gasteiger partial charge is 0.325 e. The number of nitrogens with one attached hydrogen (secondary N) is 1. The van der Waals surface area contributed by atoms with E-state index in [0.717, 1.165) is 25.7 Å². The molecule has 2 rings (SSSR count). The lowest BCUT2D eigenvalue weighted by atomic mass is 9.98. The summed E-state index contributed by atoms with van der Waals surface area (Å²) in [4.78, 5) is 25.1. The summed E-state index contributed by atoms with van der Waals surface area (Å²) in [5.41, 5.74) is -0.577. The first-order valence-electron chi connectivity index (χ1n) is 5.59. The molecule has 1 aliphatic carbocycles. The molecule has 88 valence electrons. The molecule has 0 bridgehead atoms. The molecule has 1 N–H and O–H groups in total. The van der Waals surface area contributed by atoms with E-state index in [-0.39, 0.29) is 11.9 Å². The Balaban J connectivity index is 2.07. The Bertz CT molecular complexity index is 335. The molecule has 1 spiro atoms. The minimum Gasteiger partial charge on any atom is -0.323 e. The fraction of sp³-hybridized carbons (Fsp3) is 0.636. The number of hydrogen-bond acceptors (Lipinski definition) is 3. The average molecular weight is 240 g/mol. The summed E-state index contributed by atoms with van der Waals surface area (Å²) in [7, 11) is 0. The lowest BCUT2D eigenvalue weighted by Gasteiger charge is -2.19. The van der Waals surface area contributed by atoms with E-state index in [9.17, 15) is 9.59 Å². The van der Waals surface area contributed by atoms with Crippen LogP contribution in [-0.2, 0) is 4.79 Å². The zero-order valence-electron chi connectivity index (χ0n) is 9.11. The highest BCUT2D eigenvalue weighted by atomic mass is 32.1. The maximum absolute atomic E-state index is 12.1. The van der Waals surface area contributed by atoms with Crippen LogP contribution in [0.2, 0.25) is 0 Å². The zero-order chi connectivity index (χ0) is 11.6. The van der Waals surface area contributed by atoms with E-state index in [0.29, 0.717) is 12.3 Å². The first kappa shape index (κ1) is 11.5. The highest BCUT2D eigenvalue weighted by Crippen LogP contribution is 2.34. The molecular weight excluding hydrogens is 224 g/mol. The summed E-state index contributed by atoms with van der Waals surface area (Å²) >= 11 is 4.03. The Morgan fingerprint density at radius 1 is 1.31 bits per heavy atom. The molecule has 16 heavy (non-hydrogen) atoms. The first-order valence-corrected chi connectivity index (χ1v) is 6.23. The summed E-state index contributed by atoms with van der Waals surface area (Å²) < 4.78 is 0. The molecule has 5 heteroatoms. The Labute approximate surface area is 100 Å². The molecular formula is C11H16N2O2S. The predicted molar refractivity (Wildman–Crippen MR) is 64.4 cm³/mol. The van der Waals surface area contributed by atoms with Gasteiger partial charge in [0.15, 0.2) is 0 Å². The Hall–Kier alpha value is -0.970. The number of carbonyl (C=O) groups excluding carboxylic acids is 2. The molecule has 2 fully saturated rings. The molecule has 0 aromatic heterocycles. The van der Waals surface area contributed by atoms with Crippen LogP contribution < -0.4 is 5.32 Å². The maximum Gasteiger partial charge on any atom is 0.325 e. The van der Waals surface area contributed by atoms with Gasteiger partial charge >= 0.3 is 6.03 Å². The molecule has 0 aromatic rings. The second-order valence-corrected chi connectivity index (χ2v) is 4.65. The monoisotopic (exact) mass is 240 g/mol. The van der Waals surface area contributed by atoms with Crippen molar-refractivity contribution in [3.8, 4) is 0 Å². The number of amides is 3. The van der Waals surface area contributed by atoms with Crippen LogP contribution in [0.25, 0.3) is 0 Å². The Morgan fingerprint density at radius 2 is 2.00 bits per heavy atom. The Kier molecular flexibility index (Phi) is 3.23. The molecule has 2 aliphatic rings. The number of imide groups is 1. The SMILES string of the molecule is O=C1NC2(CCCC2)C(=O)N1CC=CCS. The third kappa shape index (κ3) is 1.84. The number of carbonyl (C=O) groups is 2. The van der Waals surface area contributed by atoms with Crippen molar-refractivity contribution in [2.24, 2.45) is 0 Å². The number of urea groups is 1. The van der Waals surface area contributed by atoms with Gasteiger partial charge < -0.3 is 5.32 Å². The molecule has 3 amide bonds. The van der Waals surface area contributed by atoms with Gasteiger partial charge in [0.25, 0.3) is 5.91 Å². The van der Waals surface area contributed by atoms with Crippen molar-refractivity contribution in [1.82, 2.24) is 10.2 Å². The van der Waals surface area contributed by atoms with Gasteiger partial charge in [0.1, 0.15) is 5.54 Å². The molecule has 1 heterocycles. The fourth-order valence-electron chi connectivity index (χ4n) is 2.41. The molecule has 4 nitrogen and oxygen atoms in total. The van der Waals surface area contributed by atoms with Crippen LogP contribution >= 0.6 is 12.6 Å². The van der Waals surface area contributed by atoms with Crippen molar-refractivity contribution in [2.75, 3.05) is 12.3 Å². The van der Waals surface area contributed by atoms with Gasteiger partial charge in [-0.3, -0.25) is 9.69 Å². The van der Waals surface area contributed by atoms with Gasteiger partial charge in [0, 0.05) is 12.3 Å². The summed E-state index contributed by atoms with van der Waals surface area (Å²) in [5.74, 6) is 0.563. The van der Waals surface area contributed by atoms with E-state index < -0.39 is 5.54 Å². The van der Waals surface area contributed by atoms with Crippen LogP contribution in [0.15, 0.2) is 12.2 Å². The van der Waals surface area contributed by atoms with Crippen molar-refractivity contribution in [1.29, 1.82) is 0 Å². The number of thiol groups is 1. The predicted octanol–water partition coefficient (Wildman–Crippen LogP) is 1.34. The molecule has 1 aliphatic heterocycles. The molecule has 1 saturated heterocycles. The standard InChI is InChI=1S/C11H16N2O2S/c14-9-11(5-1-2-6-11)12-10(15)13(9)7-3-4-8-16/h3-4,16H,1-2,5-8H2,(H,12,15). The van der Waals surface area contributed by atoms with Crippen LogP contribution in [0.3, 0.4) is 0 Å². The van der Waals surface area contributed by atoms with Gasteiger partial charge in [-0.1, -0.05) is 25.0 Å². The molecule has 0 aromatic carbocycles. The third-order valence-electron chi connectivity index (χ3n) is 3.26. The topological polar surface area (TPSA) is 49.4 Å². The van der Waals surface area contributed by atoms with Crippen molar-refractivity contribution in [2.45, 2.75) is 31.2 Å². The molecule has 0 atom stereocenters. The third-order valence-corrected chi connectivity index (χ3v) is 3.47. The van der Waals surface area contributed by atoms with E-state index in [1.165, 1.54) is 4.90 Å². The van der Waals surface area contributed by atoms with Crippen LogP contribution in [0, 0.1) is 0 Å². The Morgan fingerprint density at radius 3 is 2.62 bits per heavy atom. The summed E-state index contributed by atoms with van der Waals surface area (Å²) in [6.07, 6.45) is 7.25. The van der Waals surface area contributed by atoms with E-state index in [2.05, 4.69) is 17.9 Å². The summed E-state index contributed by atoms with van der Waals surface area (Å²) in [5, 5.41) is 2.84.